The van der Waals surface area contributed by atoms with E-state index in [9.17, 15) is 0 Å². The summed E-state index contributed by atoms with van der Waals surface area (Å²) in [7, 11) is 1.68. The van der Waals surface area contributed by atoms with Crippen LogP contribution in [0.1, 0.15) is 65.2 Å². The smallest absolute Gasteiger partial charge is 0.169 e. The molecule has 28 heavy (non-hydrogen) atoms. The Balaban J connectivity index is 2.07. The molecule has 0 fully saturated rings. The Kier molecular flexibility index (Phi) is 10.3. The first kappa shape index (κ1) is 22.7. The summed E-state index contributed by atoms with van der Waals surface area (Å²) in [6.45, 7) is 5.73. The van der Waals surface area contributed by atoms with E-state index in [0.717, 1.165) is 60.1 Å². The predicted molar refractivity (Wildman–Crippen MR) is 119 cm³/mol. The van der Waals surface area contributed by atoms with E-state index in [-0.39, 0.29) is 5.38 Å². The number of hydrogen-bond donors (Lipinski definition) is 0. The first-order valence-corrected chi connectivity index (χ1v) is 11.1. The number of hydrogen-bond acceptors (Lipinski definition) is 3. The van der Waals surface area contributed by atoms with Crippen molar-refractivity contribution in [1.29, 1.82) is 0 Å². The van der Waals surface area contributed by atoms with Gasteiger partial charge in [0.1, 0.15) is 5.75 Å². The minimum Gasteiger partial charge on any atom is -0.493 e. The molecule has 0 radical (unpaired) electrons. The van der Waals surface area contributed by atoms with Crippen LogP contribution in [-0.4, -0.2) is 25.7 Å². The van der Waals surface area contributed by atoms with Crippen LogP contribution < -0.4 is 14.2 Å². The normalized spacial score (nSPS) is 12.1. The summed E-state index contributed by atoms with van der Waals surface area (Å²) in [6, 6.07) is 10.2. The number of halogens is 1. The fourth-order valence-electron chi connectivity index (χ4n) is 3.27. The van der Waals surface area contributed by atoms with Crippen molar-refractivity contribution in [3.8, 4) is 17.2 Å². The molecule has 1 atom stereocenters. The van der Waals surface area contributed by atoms with Crippen LogP contribution in [0.3, 0.4) is 0 Å². The van der Waals surface area contributed by atoms with Gasteiger partial charge in [0.05, 0.1) is 20.3 Å². The van der Waals surface area contributed by atoms with Crippen LogP contribution in [0.15, 0.2) is 30.3 Å². The molecule has 0 spiro atoms. The fourth-order valence-corrected chi connectivity index (χ4v) is 3.42. The first-order chi connectivity index (χ1) is 13.7. The van der Waals surface area contributed by atoms with E-state index < -0.39 is 0 Å². The maximum atomic E-state index is 6.19. The molecule has 0 aliphatic heterocycles. The van der Waals surface area contributed by atoms with Gasteiger partial charge in [0.2, 0.25) is 0 Å². The van der Waals surface area contributed by atoms with E-state index in [1.165, 1.54) is 19.3 Å². The number of alkyl halides is 1. The molecule has 0 aromatic heterocycles. The highest BCUT2D eigenvalue weighted by atomic mass is 35.5. The lowest BCUT2D eigenvalue weighted by Gasteiger charge is -2.17. The highest BCUT2D eigenvalue weighted by Gasteiger charge is 2.15. The van der Waals surface area contributed by atoms with Crippen LogP contribution in [0.5, 0.6) is 17.2 Å². The number of unbranched alkanes of at least 4 members (excludes halogenated alkanes) is 4. The molecule has 2 aromatic carbocycles. The Morgan fingerprint density at radius 1 is 0.857 bits per heavy atom. The Bertz CT molecular complexity index is 702. The summed E-state index contributed by atoms with van der Waals surface area (Å²) in [5, 5.41) is 2.38. The van der Waals surface area contributed by atoms with Gasteiger partial charge in [-0.15, -0.1) is 11.6 Å². The maximum absolute atomic E-state index is 6.19. The van der Waals surface area contributed by atoms with Crippen molar-refractivity contribution >= 4 is 22.4 Å². The third kappa shape index (κ3) is 6.77. The van der Waals surface area contributed by atoms with Crippen molar-refractivity contribution in [2.75, 3.05) is 20.3 Å². The van der Waals surface area contributed by atoms with Crippen molar-refractivity contribution in [3.63, 3.8) is 0 Å². The standard InChI is InChI=1S/C24H35ClO3/c1-4-6-7-11-17-28-24-21-15-9-8-14-20(21)22(18-23(24)26-3)27-16-12-10-13-19(25)5-2/h8-9,14-15,18-19H,4-7,10-13,16-17H2,1-3H3. The van der Waals surface area contributed by atoms with Gasteiger partial charge in [0.15, 0.2) is 11.5 Å². The third-order valence-corrected chi connectivity index (χ3v) is 5.53. The molecule has 0 aliphatic rings. The van der Waals surface area contributed by atoms with Crippen LogP contribution in [0.25, 0.3) is 10.8 Å². The summed E-state index contributed by atoms with van der Waals surface area (Å²) in [6.07, 6.45) is 8.85. The summed E-state index contributed by atoms with van der Waals surface area (Å²) in [5.74, 6) is 2.40. The molecule has 2 aromatic rings. The Labute approximate surface area is 175 Å². The predicted octanol–water partition coefficient (Wildman–Crippen LogP) is 7.37. The van der Waals surface area contributed by atoms with E-state index in [2.05, 4.69) is 26.0 Å². The third-order valence-electron chi connectivity index (χ3n) is 5.00. The number of fused-ring (bicyclic) bond motifs is 1. The molecule has 0 aliphatic carbocycles. The summed E-state index contributed by atoms with van der Waals surface area (Å²) in [5.41, 5.74) is 0. The van der Waals surface area contributed by atoms with Crippen molar-refractivity contribution in [1.82, 2.24) is 0 Å². The topological polar surface area (TPSA) is 27.7 Å². The highest BCUT2D eigenvalue weighted by molar-refractivity contribution is 6.20. The average molecular weight is 407 g/mol. The summed E-state index contributed by atoms with van der Waals surface area (Å²) < 4.78 is 17.9. The van der Waals surface area contributed by atoms with Gasteiger partial charge in [-0.25, -0.2) is 0 Å². The van der Waals surface area contributed by atoms with Crippen LogP contribution in [0.4, 0.5) is 0 Å². The van der Waals surface area contributed by atoms with E-state index in [1.54, 1.807) is 7.11 Å². The van der Waals surface area contributed by atoms with Crippen molar-refractivity contribution in [3.05, 3.63) is 30.3 Å². The molecule has 0 heterocycles. The Morgan fingerprint density at radius 3 is 2.29 bits per heavy atom. The maximum Gasteiger partial charge on any atom is 0.169 e. The molecule has 1 unspecified atom stereocenters. The molecule has 0 saturated carbocycles. The van der Waals surface area contributed by atoms with Gasteiger partial charge in [0, 0.05) is 22.2 Å². The van der Waals surface area contributed by atoms with E-state index in [1.807, 2.05) is 18.2 Å². The van der Waals surface area contributed by atoms with Crippen LogP contribution >= 0.6 is 11.6 Å². The van der Waals surface area contributed by atoms with Gasteiger partial charge in [-0.05, 0) is 32.1 Å². The van der Waals surface area contributed by atoms with Crippen molar-refractivity contribution in [2.45, 2.75) is 70.6 Å². The molecule has 0 amide bonds. The lowest BCUT2D eigenvalue weighted by atomic mass is 10.1. The molecule has 2 rings (SSSR count). The summed E-state index contributed by atoms with van der Waals surface area (Å²) in [4.78, 5) is 0. The second kappa shape index (κ2) is 12.8. The SMILES string of the molecule is CCCCCCOc1c(OC)cc(OCCCCC(Cl)CC)c2ccccc12. The number of ether oxygens (including phenoxy) is 3. The van der Waals surface area contributed by atoms with Crippen LogP contribution in [-0.2, 0) is 0 Å². The number of methoxy groups -OCH3 is 1. The fraction of sp³-hybridized carbons (Fsp3) is 0.583. The molecule has 156 valence electrons. The molecular formula is C24H35ClO3. The van der Waals surface area contributed by atoms with E-state index >= 15 is 0 Å². The number of rotatable bonds is 14. The highest BCUT2D eigenvalue weighted by Crippen LogP contribution is 2.41. The number of benzene rings is 2. The zero-order chi connectivity index (χ0) is 20.2. The van der Waals surface area contributed by atoms with Gasteiger partial charge in [-0.1, -0.05) is 57.4 Å². The minimum atomic E-state index is 0.273. The second-order valence-electron chi connectivity index (χ2n) is 7.21. The molecule has 3 nitrogen and oxygen atoms in total. The average Bonchev–Trinajstić information content (AvgIpc) is 2.73. The van der Waals surface area contributed by atoms with E-state index in [0.29, 0.717) is 13.2 Å². The lowest BCUT2D eigenvalue weighted by molar-refractivity contribution is 0.283. The molecular weight excluding hydrogens is 372 g/mol. The van der Waals surface area contributed by atoms with Gasteiger partial charge >= 0.3 is 0 Å². The van der Waals surface area contributed by atoms with Crippen molar-refractivity contribution < 1.29 is 14.2 Å². The largest absolute Gasteiger partial charge is 0.493 e. The quantitative estimate of drug-likeness (QED) is 0.242. The molecule has 0 saturated heterocycles. The first-order valence-electron chi connectivity index (χ1n) is 10.7. The Hall–Kier alpha value is -1.61. The second-order valence-corrected chi connectivity index (χ2v) is 7.83. The van der Waals surface area contributed by atoms with Crippen LogP contribution in [0.2, 0.25) is 0 Å². The van der Waals surface area contributed by atoms with Crippen molar-refractivity contribution in [2.24, 2.45) is 0 Å². The van der Waals surface area contributed by atoms with Crippen LogP contribution in [0, 0.1) is 0 Å². The molecule has 0 bridgehead atoms. The Morgan fingerprint density at radius 2 is 1.57 bits per heavy atom. The summed E-state index contributed by atoms with van der Waals surface area (Å²) >= 11 is 6.19. The monoisotopic (exact) mass is 406 g/mol. The zero-order valence-corrected chi connectivity index (χ0v) is 18.4. The van der Waals surface area contributed by atoms with Gasteiger partial charge in [-0.2, -0.15) is 0 Å². The molecule has 0 N–H and O–H groups in total. The molecule has 4 heteroatoms. The van der Waals surface area contributed by atoms with Gasteiger partial charge in [-0.3, -0.25) is 0 Å². The van der Waals surface area contributed by atoms with Gasteiger partial charge < -0.3 is 14.2 Å². The zero-order valence-electron chi connectivity index (χ0n) is 17.6. The minimum absolute atomic E-state index is 0.273. The van der Waals surface area contributed by atoms with E-state index in [4.69, 9.17) is 25.8 Å². The lowest BCUT2D eigenvalue weighted by Crippen LogP contribution is -2.03. The van der Waals surface area contributed by atoms with Gasteiger partial charge in [0.25, 0.3) is 0 Å².